The second kappa shape index (κ2) is 10.3. The summed E-state index contributed by atoms with van der Waals surface area (Å²) >= 11 is 0. The van der Waals surface area contributed by atoms with Crippen molar-refractivity contribution in [3.63, 3.8) is 0 Å². The first kappa shape index (κ1) is 23.9. The van der Waals surface area contributed by atoms with Crippen molar-refractivity contribution in [2.75, 3.05) is 18.4 Å². The van der Waals surface area contributed by atoms with Gasteiger partial charge in [-0.2, -0.15) is 5.10 Å². The van der Waals surface area contributed by atoms with Gasteiger partial charge in [-0.15, -0.1) is 0 Å². The Morgan fingerprint density at radius 1 is 0.886 bits per heavy atom. The molecule has 35 heavy (non-hydrogen) atoms. The number of carbonyl (C=O) groups excluding carboxylic acids is 2. The number of carbonyl (C=O) groups is 2. The molecule has 178 valence electrons. The molecule has 4 rings (SSSR count). The standard InChI is InChI=1S/C28H28N4O3/c1-4-31(5-2)27(34)21-14-16-22(17-15-21)29-25(33)18-32-28(35)24-9-7-6-8-23(24)26(30-32)20-12-10-19(3)11-13-20/h6-17H,4-5,18H2,1-3H3,(H,29,33). The minimum atomic E-state index is -0.382. The van der Waals surface area contributed by atoms with Crippen LogP contribution in [0.1, 0.15) is 29.8 Å². The van der Waals surface area contributed by atoms with Crippen molar-refractivity contribution >= 4 is 28.3 Å². The fourth-order valence-electron chi connectivity index (χ4n) is 3.99. The lowest BCUT2D eigenvalue weighted by Crippen LogP contribution is -2.31. The number of aryl methyl sites for hydroxylation is 1. The first-order chi connectivity index (χ1) is 16.9. The number of aromatic nitrogens is 2. The van der Waals surface area contributed by atoms with Gasteiger partial charge in [-0.05, 0) is 51.1 Å². The van der Waals surface area contributed by atoms with Crippen LogP contribution in [-0.2, 0) is 11.3 Å². The summed E-state index contributed by atoms with van der Waals surface area (Å²) in [5.41, 5.74) is 3.41. The van der Waals surface area contributed by atoms with Crippen molar-refractivity contribution < 1.29 is 9.59 Å². The molecule has 0 aliphatic carbocycles. The predicted octanol–water partition coefficient (Wildman–Crippen LogP) is 4.49. The van der Waals surface area contributed by atoms with Crippen LogP contribution in [-0.4, -0.2) is 39.6 Å². The Morgan fingerprint density at radius 3 is 2.14 bits per heavy atom. The number of rotatable bonds is 7. The molecule has 0 aliphatic rings. The van der Waals surface area contributed by atoms with Gasteiger partial charge in [0, 0.05) is 35.3 Å². The highest BCUT2D eigenvalue weighted by Gasteiger charge is 2.15. The van der Waals surface area contributed by atoms with E-state index in [4.69, 9.17) is 0 Å². The maximum Gasteiger partial charge on any atom is 0.275 e. The van der Waals surface area contributed by atoms with E-state index in [1.165, 1.54) is 4.68 Å². The molecule has 0 aliphatic heterocycles. The number of nitrogens with one attached hydrogen (secondary N) is 1. The minimum absolute atomic E-state index is 0.0524. The fraction of sp³-hybridized carbons (Fsp3) is 0.214. The van der Waals surface area contributed by atoms with E-state index in [0.29, 0.717) is 35.4 Å². The zero-order valence-electron chi connectivity index (χ0n) is 20.1. The number of hydrogen-bond donors (Lipinski definition) is 1. The molecular weight excluding hydrogens is 440 g/mol. The van der Waals surface area contributed by atoms with Crippen LogP contribution in [0.4, 0.5) is 5.69 Å². The first-order valence-corrected chi connectivity index (χ1v) is 11.7. The molecule has 0 saturated carbocycles. The molecule has 0 unspecified atom stereocenters. The topological polar surface area (TPSA) is 84.3 Å². The van der Waals surface area contributed by atoms with E-state index < -0.39 is 0 Å². The lowest BCUT2D eigenvalue weighted by atomic mass is 10.0. The van der Waals surface area contributed by atoms with E-state index in [0.717, 1.165) is 16.5 Å². The van der Waals surface area contributed by atoms with Crippen LogP contribution in [0, 0.1) is 6.92 Å². The van der Waals surface area contributed by atoms with Crippen molar-refractivity contribution in [2.45, 2.75) is 27.3 Å². The van der Waals surface area contributed by atoms with E-state index in [1.54, 1.807) is 41.3 Å². The van der Waals surface area contributed by atoms with E-state index in [9.17, 15) is 14.4 Å². The number of anilines is 1. The highest BCUT2D eigenvalue weighted by atomic mass is 16.2. The van der Waals surface area contributed by atoms with Crippen molar-refractivity contribution in [2.24, 2.45) is 0 Å². The van der Waals surface area contributed by atoms with Crippen LogP contribution in [0.2, 0.25) is 0 Å². The highest BCUT2D eigenvalue weighted by molar-refractivity contribution is 5.96. The third kappa shape index (κ3) is 5.14. The van der Waals surface area contributed by atoms with Gasteiger partial charge >= 0.3 is 0 Å². The molecule has 1 aromatic heterocycles. The average molecular weight is 469 g/mol. The molecule has 0 spiro atoms. The second-order valence-electron chi connectivity index (χ2n) is 8.33. The third-order valence-electron chi connectivity index (χ3n) is 5.95. The van der Waals surface area contributed by atoms with Gasteiger partial charge in [0.25, 0.3) is 11.5 Å². The van der Waals surface area contributed by atoms with E-state index >= 15 is 0 Å². The van der Waals surface area contributed by atoms with E-state index in [-0.39, 0.29) is 23.9 Å². The predicted molar refractivity (Wildman–Crippen MR) is 138 cm³/mol. The number of hydrogen-bond acceptors (Lipinski definition) is 4. The van der Waals surface area contributed by atoms with Gasteiger partial charge in [0.2, 0.25) is 5.91 Å². The maximum atomic E-state index is 13.1. The summed E-state index contributed by atoms with van der Waals surface area (Å²) < 4.78 is 1.20. The molecule has 0 radical (unpaired) electrons. The number of fused-ring (bicyclic) bond motifs is 1. The fourth-order valence-corrected chi connectivity index (χ4v) is 3.99. The average Bonchev–Trinajstić information content (AvgIpc) is 2.87. The van der Waals surface area contributed by atoms with Crippen molar-refractivity contribution in [3.8, 4) is 11.3 Å². The summed E-state index contributed by atoms with van der Waals surface area (Å²) in [7, 11) is 0. The smallest absolute Gasteiger partial charge is 0.275 e. The van der Waals surface area contributed by atoms with Crippen molar-refractivity contribution in [1.29, 1.82) is 0 Å². The van der Waals surface area contributed by atoms with Gasteiger partial charge in [0.15, 0.2) is 0 Å². The molecule has 1 N–H and O–H groups in total. The van der Waals surface area contributed by atoms with Crippen molar-refractivity contribution in [3.05, 3.63) is 94.3 Å². The van der Waals surface area contributed by atoms with Crippen LogP contribution in [0.25, 0.3) is 22.0 Å². The molecule has 0 fully saturated rings. The summed E-state index contributed by atoms with van der Waals surface area (Å²) in [6, 6.07) is 21.9. The lowest BCUT2D eigenvalue weighted by molar-refractivity contribution is -0.117. The van der Waals surface area contributed by atoms with Gasteiger partial charge in [0.1, 0.15) is 6.54 Å². The molecule has 2 amide bonds. The van der Waals surface area contributed by atoms with Gasteiger partial charge in [-0.25, -0.2) is 4.68 Å². The summed E-state index contributed by atoms with van der Waals surface area (Å²) in [6.45, 7) is 6.90. The maximum absolute atomic E-state index is 13.1. The monoisotopic (exact) mass is 468 g/mol. The van der Waals surface area contributed by atoms with Gasteiger partial charge in [-0.3, -0.25) is 14.4 Å². The largest absolute Gasteiger partial charge is 0.339 e. The normalized spacial score (nSPS) is 10.8. The molecule has 7 heteroatoms. The minimum Gasteiger partial charge on any atom is -0.339 e. The Bertz CT molecular complexity index is 1420. The Morgan fingerprint density at radius 2 is 1.51 bits per heavy atom. The van der Waals surface area contributed by atoms with Crippen molar-refractivity contribution in [1.82, 2.24) is 14.7 Å². The second-order valence-corrected chi connectivity index (χ2v) is 8.33. The van der Waals surface area contributed by atoms with Crippen LogP contribution in [0.15, 0.2) is 77.6 Å². The molecule has 0 saturated heterocycles. The molecule has 0 bridgehead atoms. The summed E-state index contributed by atoms with van der Waals surface area (Å²) in [5, 5.41) is 8.59. The summed E-state index contributed by atoms with van der Waals surface area (Å²) in [4.78, 5) is 40.1. The first-order valence-electron chi connectivity index (χ1n) is 11.7. The summed E-state index contributed by atoms with van der Waals surface area (Å²) in [6.07, 6.45) is 0. The SMILES string of the molecule is CCN(CC)C(=O)c1ccc(NC(=O)Cn2nc(-c3ccc(C)cc3)c3ccccc3c2=O)cc1. The molecule has 4 aromatic rings. The Kier molecular flexibility index (Phi) is 7.06. The van der Waals surface area contributed by atoms with E-state index in [2.05, 4.69) is 10.4 Å². The Hall–Kier alpha value is -4.26. The zero-order valence-corrected chi connectivity index (χ0v) is 20.1. The third-order valence-corrected chi connectivity index (χ3v) is 5.95. The Labute approximate surface area is 204 Å². The zero-order chi connectivity index (χ0) is 24.9. The van der Waals surface area contributed by atoms with Gasteiger partial charge in [-0.1, -0.05) is 48.0 Å². The Balaban J connectivity index is 1.58. The number of nitrogens with zero attached hydrogens (tertiary/aromatic N) is 3. The van der Waals surface area contributed by atoms with Gasteiger partial charge < -0.3 is 10.2 Å². The summed E-state index contributed by atoms with van der Waals surface area (Å²) in [5.74, 6) is -0.434. The van der Waals surface area contributed by atoms with Crippen LogP contribution in [0.3, 0.4) is 0 Å². The number of amides is 2. The quantitative estimate of drug-likeness (QED) is 0.433. The lowest BCUT2D eigenvalue weighted by Gasteiger charge is -2.18. The van der Waals surface area contributed by atoms with Crippen LogP contribution < -0.4 is 10.9 Å². The number of benzene rings is 3. The molecule has 1 heterocycles. The molecule has 7 nitrogen and oxygen atoms in total. The van der Waals surface area contributed by atoms with E-state index in [1.807, 2.05) is 57.2 Å². The van der Waals surface area contributed by atoms with Crippen LogP contribution in [0.5, 0.6) is 0 Å². The highest BCUT2D eigenvalue weighted by Crippen LogP contribution is 2.25. The van der Waals surface area contributed by atoms with Gasteiger partial charge in [0.05, 0.1) is 11.1 Å². The molecular formula is C28H28N4O3. The van der Waals surface area contributed by atoms with Crippen LogP contribution >= 0.6 is 0 Å². The molecule has 0 atom stereocenters. The molecule has 3 aromatic carbocycles.